The number of ether oxygens (including phenoxy) is 1. The van der Waals surface area contributed by atoms with Crippen LogP contribution in [0.25, 0.3) is 0 Å². The van der Waals surface area contributed by atoms with E-state index in [-0.39, 0.29) is 18.4 Å². The summed E-state index contributed by atoms with van der Waals surface area (Å²) >= 11 is 0. The SMILES string of the molecule is CC(C)(C)OC(=O)C(N)CCCN.Cl. The maximum absolute atomic E-state index is 11.3. The van der Waals surface area contributed by atoms with Crippen LogP contribution in [0.4, 0.5) is 0 Å². The highest BCUT2D eigenvalue weighted by atomic mass is 35.5. The Labute approximate surface area is 91.8 Å². The summed E-state index contributed by atoms with van der Waals surface area (Å²) in [4.78, 5) is 11.3. The lowest BCUT2D eigenvalue weighted by molar-refractivity contribution is -0.156. The standard InChI is InChI=1S/C9H20N2O2.ClH/c1-9(2,3)13-8(12)7(11)5-4-6-10;/h7H,4-6,10-11H2,1-3H3;1H. The molecule has 14 heavy (non-hydrogen) atoms. The Bertz CT molecular complexity index is 169. The molecule has 0 bridgehead atoms. The van der Waals surface area contributed by atoms with Crippen LogP contribution in [0, 0.1) is 0 Å². The van der Waals surface area contributed by atoms with Crippen molar-refractivity contribution < 1.29 is 9.53 Å². The number of nitrogens with two attached hydrogens (primary N) is 2. The zero-order valence-electron chi connectivity index (χ0n) is 9.08. The molecule has 0 aliphatic rings. The minimum Gasteiger partial charge on any atom is -0.459 e. The second-order valence-electron chi connectivity index (χ2n) is 4.07. The third-order valence-corrected chi connectivity index (χ3v) is 1.43. The van der Waals surface area contributed by atoms with Gasteiger partial charge < -0.3 is 16.2 Å². The number of hydrogen-bond acceptors (Lipinski definition) is 4. The van der Waals surface area contributed by atoms with Crippen LogP contribution in [0.2, 0.25) is 0 Å². The van der Waals surface area contributed by atoms with E-state index < -0.39 is 11.6 Å². The molecular formula is C9H21ClN2O2. The van der Waals surface area contributed by atoms with E-state index in [9.17, 15) is 4.79 Å². The quantitative estimate of drug-likeness (QED) is 0.693. The van der Waals surface area contributed by atoms with Crippen molar-refractivity contribution in [3.63, 3.8) is 0 Å². The summed E-state index contributed by atoms with van der Waals surface area (Å²) < 4.78 is 5.09. The summed E-state index contributed by atoms with van der Waals surface area (Å²) in [6.45, 7) is 6.01. The maximum Gasteiger partial charge on any atom is 0.323 e. The number of halogens is 1. The van der Waals surface area contributed by atoms with Crippen molar-refractivity contribution in [1.29, 1.82) is 0 Å². The van der Waals surface area contributed by atoms with Crippen LogP contribution in [0.3, 0.4) is 0 Å². The van der Waals surface area contributed by atoms with E-state index in [1.165, 1.54) is 0 Å². The highest BCUT2D eigenvalue weighted by Crippen LogP contribution is 2.09. The average molecular weight is 225 g/mol. The fourth-order valence-electron chi connectivity index (χ4n) is 0.833. The zero-order chi connectivity index (χ0) is 10.5. The molecule has 0 rings (SSSR count). The molecule has 0 aromatic rings. The normalized spacial score (nSPS) is 12.9. The monoisotopic (exact) mass is 224 g/mol. The molecule has 4 nitrogen and oxygen atoms in total. The molecular weight excluding hydrogens is 204 g/mol. The Morgan fingerprint density at radius 3 is 2.29 bits per heavy atom. The molecule has 4 N–H and O–H groups in total. The summed E-state index contributed by atoms with van der Waals surface area (Å²) in [5, 5.41) is 0. The van der Waals surface area contributed by atoms with Crippen LogP contribution < -0.4 is 11.5 Å². The van der Waals surface area contributed by atoms with Crippen LogP contribution in [-0.4, -0.2) is 24.2 Å². The molecule has 0 aromatic carbocycles. The third kappa shape index (κ3) is 8.29. The van der Waals surface area contributed by atoms with Gasteiger partial charge in [-0.1, -0.05) is 0 Å². The molecule has 0 spiro atoms. The van der Waals surface area contributed by atoms with Gasteiger partial charge in [-0.05, 0) is 40.2 Å². The first kappa shape index (κ1) is 16.1. The first-order valence-electron chi connectivity index (χ1n) is 4.55. The Morgan fingerprint density at radius 1 is 1.43 bits per heavy atom. The van der Waals surface area contributed by atoms with Crippen molar-refractivity contribution in [2.45, 2.75) is 45.3 Å². The van der Waals surface area contributed by atoms with Gasteiger partial charge in [0.1, 0.15) is 11.6 Å². The minimum absolute atomic E-state index is 0. The number of esters is 1. The van der Waals surface area contributed by atoms with Gasteiger partial charge in [0.15, 0.2) is 0 Å². The van der Waals surface area contributed by atoms with Gasteiger partial charge in [-0.25, -0.2) is 0 Å². The molecule has 0 fully saturated rings. The van der Waals surface area contributed by atoms with E-state index in [1.54, 1.807) is 0 Å². The van der Waals surface area contributed by atoms with Gasteiger partial charge in [-0.15, -0.1) is 12.4 Å². The van der Waals surface area contributed by atoms with E-state index >= 15 is 0 Å². The average Bonchev–Trinajstić information content (AvgIpc) is 1.96. The summed E-state index contributed by atoms with van der Waals surface area (Å²) in [5.41, 5.74) is 10.4. The Balaban J connectivity index is 0. The number of carbonyl (C=O) groups excluding carboxylic acids is 1. The Kier molecular flexibility index (Phi) is 8.10. The van der Waals surface area contributed by atoms with Gasteiger partial charge in [0.25, 0.3) is 0 Å². The molecule has 1 unspecified atom stereocenters. The van der Waals surface area contributed by atoms with Crippen LogP contribution in [0.1, 0.15) is 33.6 Å². The first-order valence-corrected chi connectivity index (χ1v) is 4.55. The second kappa shape index (κ2) is 7.04. The molecule has 0 radical (unpaired) electrons. The van der Waals surface area contributed by atoms with Gasteiger partial charge in [-0.2, -0.15) is 0 Å². The molecule has 0 aliphatic carbocycles. The predicted molar refractivity (Wildman–Crippen MR) is 59.4 cm³/mol. The van der Waals surface area contributed by atoms with E-state index in [0.717, 1.165) is 6.42 Å². The smallest absolute Gasteiger partial charge is 0.323 e. The zero-order valence-corrected chi connectivity index (χ0v) is 9.89. The fourth-order valence-corrected chi connectivity index (χ4v) is 0.833. The van der Waals surface area contributed by atoms with Crippen LogP contribution >= 0.6 is 12.4 Å². The Hall–Kier alpha value is -0.320. The largest absolute Gasteiger partial charge is 0.459 e. The summed E-state index contributed by atoms with van der Waals surface area (Å²) in [7, 11) is 0. The Morgan fingerprint density at radius 2 is 1.93 bits per heavy atom. The maximum atomic E-state index is 11.3. The molecule has 0 amide bonds. The molecule has 86 valence electrons. The summed E-state index contributed by atoms with van der Waals surface area (Å²) in [6.07, 6.45) is 1.34. The number of rotatable bonds is 4. The molecule has 0 saturated carbocycles. The van der Waals surface area contributed by atoms with Crippen LogP contribution in [0.5, 0.6) is 0 Å². The van der Waals surface area contributed by atoms with Crippen molar-refractivity contribution in [2.75, 3.05) is 6.54 Å². The molecule has 0 aliphatic heterocycles. The molecule has 1 atom stereocenters. The van der Waals surface area contributed by atoms with Gasteiger partial charge in [0.05, 0.1) is 0 Å². The van der Waals surface area contributed by atoms with Crippen LogP contribution in [0.15, 0.2) is 0 Å². The molecule has 0 saturated heterocycles. The second-order valence-corrected chi connectivity index (χ2v) is 4.07. The lowest BCUT2D eigenvalue weighted by atomic mass is 10.1. The van der Waals surface area contributed by atoms with Gasteiger partial charge in [-0.3, -0.25) is 4.79 Å². The predicted octanol–water partition coefficient (Wildman–Crippen LogP) is 0.816. The lowest BCUT2D eigenvalue weighted by Gasteiger charge is -2.21. The van der Waals surface area contributed by atoms with Gasteiger partial charge >= 0.3 is 5.97 Å². The van der Waals surface area contributed by atoms with Crippen molar-refractivity contribution in [1.82, 2.24) is 0 Å². The van der Waals surface area contributed by atoms with E-state index in [1.807, 2.05) is 20.8 Å². The van der Waals surface area contributed by atoms with E-state index in [2.05, 4.69) is 0 Å². The van der Waals surface area contributed by atoms with Gasteiger partial charge in [0.2, 0.25) is 0 Å². The lowest BCUT2D eigenvalue weighted by Crippen LogP contribution is -2.37. The fraction of sp³-hybridized carbons (Fsp3) is 0.889. The minimum atomic E-state index is -0.539. The third-order valence-electron chi connectivity index (χ3n) is 1.43. The highest BCUT2D eigenvalue weighted by molar-refractivity contribution is 5.85. The topological polar surface area (TPSA) is 78.3 Å². The van der Waals surface area contributed by atoms with Crippen LogP contribution in [-0.2, 0) is 9.53 Å². The summed E-state index contributed by atoms with van der Waals surface area (Å²) in [6, 6.07) is -0.539. The van der Waals surface area contributed by atoms with Crippen molar-refractivity contribution in [3.05, 3.63) is 0 Å². The molecule has 0 heterocycles. The van der Waals surface area contributed by atoms with Crippen molar-refractivity contribution in [2.24, 2.45) is 11.5 Å². The number of hydrogen-bond donors (Lipinski definition) is 2. The first-order chi connectivity index (χ1) is 5.87. The molecule has 0 aromatic heterocycles. The highest BCUT2D eigenvalue weighted by Gasteiger charge is 2.21. The van der Waals surface area contributed by atoms with E-state index in [0.29, 0.717) is 13.0 Å². The molecule has 5 heteroatoms. The van der Waals surface area contributed by atoms with Crippen molar-refractivity contribution in [3.8, 4) is 0 Å². The van der Waals surface area contributed by atoms with Gasteiger partial charge in [0, 0.05) is 0 Å². The summed E-state index contributed by atoms with van der Waals surface area (Å²) in [5.74, 6) is -0.346. The van der Waals surface area contributed by atoms with Crippen molar-refractivity contribution >= 4 is 18.4 Å². The number of carbonyl (C=O) groups is 1. The van der Waals surface area contributed by atoms with E-state index in [4.69, 9.17) is 16.2 Å².